The van der Waals surface area contributed by atoms with E-state index in [1.807, 2.05) is 31.2 Å². The molecule has 0 saturated heterocycles. The zero-order valence-electron chi connectivity index (χ0n) is 10.5. The third kappa shape index (κ3) is 3.25. The van der Waals surface area contributed by atoms with Crippen LogP contribution >= 0.6 is 23.2 Å². The summed E-state index contributed by atoms with van der Waals surface area (Å²) in [7, 11) is 0. The highest BCUT2D eigenvalue weighted by molar-refractivity contribution is 6.42. The molecule has 1 aromatic carbocycles. The first kappa shape index (κ1) is 14.3. The normalized spacial score (nSPS) is 12.4. The summed E-state index contributed by atoms with van der Waals surface area (Å²) < 4.78 is 0. The van der Waals surface area contributed by atoms with Crippen molar-refractivity contribution in [2.45, 2.75) is 19.4 Å². The van der Waals surface area contributed by atoms with E-state index in [1.165, 1.54) is 0 Å². The molecule has 0 aliphatic carbocycles. The van der Waals surface area contributed by atoms with E-state index in [1.54, 1.807) is 12.3 Å². The van der Waals surface area contributed by atoms with Crippen LogP contribution in [0.5, 0.6) is 0 Å². The molecular formula is C14H15Cl2N3. The van der Waals surface area contributed by atoms with Gasteiger partial charge >= 0.3 is 0 Å². The molecule has 3 nitrogen and oxygen atoms in total. The van der Waals surface area contributed by atoms with Crippen LogP contribution in [-0.2, 0) is 6.42 Å². The number of benzene rings is 1. The molecule has 1 heterocycles. The standard InChI is InChI=1S/C14H15Cl2N3/c1-9-4-3-7-18-14(9)12(19-17)8-10-5-2-6-11(15)13(10)16/h2-7,12,19H,8,17H2,1H3. The molecular weight excluding hydrogens is 281 g/mol. The quantitative estimate of drug-likeness (QED) is 0.671. The molecule has 0 amide bonds. The van der Waals surface area contributed by atoms with Gasteiger partial charge in [0.2, 0.25) is 0 Å². The van der Waals surface area contributed by atoms with Gasteiger partial charge in [0.15, 0.2) is 0 Å². The number of hydrogen-bond donors (Lipinski definition) is 2. The second-order valence-corrected chi connectivity index (χ2v) is 5.13. The first-order valence-corrected chi connectivity index (χ1v) is 6.69. The van der Waals surface area contributed by atoms with E-state index in [0.29, 0.717) is 16.5 Å². The van der Waals surface area contributed by atoms with Crippen LogP contribution in [0.3, 0.4) is 0 Å². The molecule has 0 spiro atoms. The fraction of sp³-hybridized carbons (Fsp3) is 0.214. The maximum absolute atomic E-state index is 6.20. The third-order valence-corrected chi connectivity index (χ3v) is 3.89. The van der Waals surface area contributed by atoms with Crippen LogP contribution < -0.4 is 11.3 Å². The summed E-state index contributed by atoms with van der Waals surface area (Å²) in [6.45, 7) is 2.01. The molecule has 1 unspecified atom stereocenters. The number of pyridine rings is 1. The van der Waals surface area contributed by atoms with Gasteiger partial charge < -0.3 is 0 Å². The monoisotopic (exact) mass is 295 g/mol. The zero-order chi connectivity index (χ0) is 13.8. The summed E-state index contributed by atoms with van der Waals surface area (Å²) in [6, 6.07) is 9.39. The molecule has 0 aliphatic rings. The second kappa shape index (κ2) is 6.35. The fourth-order valence-corrected chi connectivity index (χ4v) is 2.42. The van der Waals surface area contributed by atoms with E-state index in [4.69, 9.17) is 29.0 Å². The lowest BCUT2D eigenvalue weighted by Gasteiger charge is -2.18. The van der Waals surface area contributed by atoms with Crippen LogP contribution in [0.1, 0.15) is 22.9 Å². The summed E-state index contributed by atoms with van der Waals surface area (Å²) in [4.78, 5) is 4.38. The minimum atomic E-state index is -0.0998. The first-order chi connectivity index (χ1) is 9.13. The van der Waals surface area contributed by atoms with E-state index in [0.717, 1.165) is 16.8 Å². The van der Waals surface area contributed by atoms with Crippen LogP contribution in [0.2, 0.25) is 10.0 Å². The number of halogens is 2. The van der Waals surface area contributed by atoms with Crippen molar-refractivity contribution in [2.75, 3.05) is 0 Å². The minimum absolute atomic E-state index is 0.0998. The highest BCUT2D eigenvalue weighted by Gasteiger charge is 2.16. The van der Waals surface area contributed by atoms with E-state index >= 15 is 0 Å². The molecule has 0 aliphatic heterocycles. The number of nitrogens with one attached hydrogen (secondary N) is 1. The van der Waals surface area contributed by atoms with Gasteiger partial charge in [0.25, 0.3) is 0 Å². The number of rotatable bonds is 4. The summed E-state index contributed by atoms with van der Waals surface area (Å²) in [5.41, 5.74) is 5.74. The van der Waals surface area contributed by atoms with Gasteiger partial charge in [-0.25, -0.2) is 0 Å². The van der Waals surface area contributed by atoms with E-state index in [-0.39, 0.29) is 6.04 Å². The van der Waals surface area contributed by atoms with E-state index < -0.39 is 0 Å². The molecule has 5 heteroatoms. The number of aromatic nitrogens is 1. The lowest BCUT2D eigenvalue weighted by Crippen LogP contribution is -2.30. The Labute approximate surface area is 122 Å². The Morgan fingerprint density at radius 3 is 2.74 bits per heavy atom. The van der Waals surface area contributed by atoms with Crippen molar-refractivity contribution in [3.8, 4) is 0 Å². The summed E-state index contributed by atoms with van der Waals surface area (Å²) in [6.07, 6.45) is 2.39. The molecule has 1 aromatic heterocycles. The molecule has 3 N–H and O–H groups in total. The van der Waals surface area contributed by atoms with Gasteiger partial charge in [-0.2, -0.15) is 0 Å². The number of hydrogen-bond acceptors (Lipinski definition) is 3. The van der Waals surface area contributed by atoms with Crippen LogP contribution in [-0.4, -0.2) is 4.98 Å². The number of aryl methyl sites for hydroxylation is 1. The molecule has 0 radical (unpaired) electrons. The lowest BCUT2D eigenvalue weighted by molar-refractivity contribution is 0.535. The van der Waals surface area contributed by atoms with Crippen molar-refractivity contribution in [2.24, 2.45) is 5.84 Å². The Bertz CT molecular complexity index is 572. The highest BCUT2D eigenvalue weighted by Crippen LogP contribution is 2.29. The van der Waals surface area contributed by atoms with Gasteiger partial charge in [-0.1, -0.05) is 41.4 Å². The third-order valence-electron chi connectivity index (χ3n) is 3.04. The Morgan fingerprint density at radius 2 is 2.05 bits per heavy atom. The Kier molecular flexibility index (Phi) is 4.77. The Balaban J connectivity index is 2.30. The zero-order valence-corrected chi connectivity index (χ0v) is 12.0. The lowest BCUT2D eigenvalue weighted by atomic mass is 10.0. The van der Waals surface area contributed by atoms with Crippen molar-refractivity contribution < 1.29 is 0 Å². The summed E-state index contributed by atoms with van der Waals surface area (Å²) in [5.74, 6) is 5.64. The summed E-state index contributed by atoms with van der Waals surface area (Å²) in [5, 5.41) is 1.12. The van der Waals surface area contributed by atoms with Crippen LogP contribution in [0.25, 0.3) is 0 Å². The van der Waals surface area contributed by atoms with Gasteiger partial charge in [0, 0.05) is 6.20 Å². The highest BCUT2D eigenvalue weighted by atomic mass is 35.5. The Morgan fingerprint density at radius 1 is 1.26 bits per heavy atom. The average molecular weight is 296 g/mol. The largest absolute Gasteiger partial charge is 0.271 e. The van der Waals surface area contributed by atoms with Gasteiger partial charge in [-0.15, -0.1) is 0 Å². The van der Waals surface area contributed by atoms with E-state index in [9.17, 15) is 0 Å². The minimum Gasteiger partial charge on any atom is -0.271 e. The van der Waals surface area contributed by atoms with Crippen molar-refractivity contribution in [3.05, 3.63) is 63.4 Å². The average Bonchev–Trinajstić information content (AvgIpc) is 2.41. The molecule has 0 fully saturated rings. The van der Waals surface area contributed by atoms with Crippen molar-refractivity contribution in [3.63, 3.8) is 0 Å². The number of hydrazine groups is 1. The predicted octanol–water partition coefficient (Wildman–Crippen LogP) is 3.44. The maximum atomic E-state index is 6.20. The topological polar surface area (TPSA) is 50.9 Å². The number of nitrogens with two attached hydrogens (primary N) is 1. The molecule has 2 aromatic rings. The van der Waals surface area contributed by atoms with Gasteiger partial charge in [0.1, 0.15) is 0 Å². The molecule has 19 heavy (non-hydrogen) atoms. The second-order valence-electron chi connectivity index (χ2n) is 4.34. The summed E-state index contributed by atoms with van der Waals surface area (Å²) >= 11 is 12.2. The van der Waals surface area contributed by atoms with Crippen LogP contribution in [0, 0.1) is 6.92 Å². The molecule has 100 valence electrons. The van der Waals surface area contributed by atoms with Crippen molar-refractivity contribution >= 4 is 23.2 Å². The van der Waals surface area contributed by atoms with Crippen molar-refractivity contribution in [1.82, 2.24) is 10.4 Å². The SMILES string of the molecule is Cc1cccnc1C(Cc1cccc(Cl)c1Cl)NN. The van der Waals surface area contributed by atoms with Gasteiger partial charge in [0.05, 0.1) is 21.8 Å². The fourth-order valence-electron chi connectivity index (χ4n) is 2.02. The molecule has 1 atom stereocenters. The van der Waals surface area contributed by atoms with Crippen molar-refractivity contribution in [1.29, 1.82) is 0 Å². The van der Waals surface area contributed by atoms with E-state index in [2.05, 4.69) is 10.4 Å². The predicted molar refractivity (Wildman–Crippen MR) is 79.2 cm³/mol. The molecule has 2 rings (SSSR count). The van der Waals surface area contributed by atoms with Gasteiger partial charge in [-0.3, -0.25) is 16.3 Å². The smallest absolute Gasteiger partial charge is 0.0675 e. The van der Waals surface area contributed by atoms with Crippen LogP contribution in [0.15, 0.2) is 36.5 Å². The Hall–Kier alpha value is -1.13. The molecule has 0 bridgehead atoms. The van der Waals surface area contributed by atoms with Gasteiger partial charge in [-0.05, 0) is 36.6 Å². The number of nitrogens with zero attached hydrogens (tertiary/aromatic N) is 1. The maximum Gasteiger partial charge on any atom is 0.0675 e. The first-order valence-electron chi connectivity index (χ1n) is 5.94. The van der Waals surface area contributed by atoms with Crippen LogP contribution in [0.4, 0.5) is 0 Å². The molecule has 0 saturated carbocycles.